The van der Waals surface area contributed by atoms with Crippen molar-refractivity contribution in [1.82, 2.24) is 15.1 Å². The van der Waals surface area contributed by atoms with E-state index in [4.69, 9.17) is 5.73 Å². The van der Waals surface area contributed by atoms with Crippen LogP contribution >= 0.6 is 11.3 Å². The van der Waals surface area contributed by atoms with E-state index in [1.165, 1.54) is 11.3 Å². The van der Waals surface area contributed by atoms with Crippen LogP contribution in [0.25, 0.3) is 15.9 Å². The molecule has 0 atom stereocenters. The fraction of sp³-hybridized carbons (Fsp3) is 0.294. The van der Waals surface area contributed by atoms with Crippen molar-refractivity contribution in [3.63, 3.8) is 0 Å². The smallest absolute Gasteiger partial charge is 0.261 e. The highest BCUT2D eigenvalue weighted by molar-refractivity contribution is 7.20. The number of aryl methyl sites for hydroxylation is 1. The van der Waals surface area contributed by atoms with Crippen LogP contribution in [0.1, 0.15) is 29.2 Å². The summed E-state index contributed by atoms with van der Waals surface area (Å²) in [6, 6.07) is 11.8. The second-order valence-electron chi connectivity index (χ2n) is 6.20. The average molecular weight is 328 g/mol. The van der Waals surface area contributed by atoms with Gasteiger partial charge in [0.1, 0.15) is 4.83 Å². The normalized spacial score (nSPS) is 11.8. The monoisotopic (exact) mass is 328 g/mol. The Morgan fingerprint density at radius 1 is 1.35 bits per heavy atom. The highest BCUT2D eigenvalue weighted by Gasteiger charge is 2.22. The summed E-state index contributed by atoms with van der Waals surface area (Å²) in [4.78, 5) is 14.1. The predicted octanol–water partition coefficient (Wildman–Crippen LogP) is 2.86. The molecule has 0 aliphatic rings. The molecule has 3 N–H and O–H groups in total. The minimum absolute atomic E-state index is 0.0966. The molecular weight excluding hydrogens is 308 g/mol. The van der Waals surface area contributed by atoms with Gasteiger partial charge in [0.2, 0.25) is 0 Å². The second kappa shape index (κ2) is 5.79. The van der Waals surface area contributed by atoms with E-state index in [1.54, 1.807) is 0 Å². The molecule has 6 heteroatoms. The number of hydrogen-bond donors (Lipinski definition) is 2. The van der Waals surface area contributed by atoms with Gasteiger partial charge >= 0.3 is 0 Å². The first-order chi connectivity index (χ1) is 10.9. The van der Waals surface area contributed by atoms with Crippen molar-refractivity contribution in [2.45, 2.75) is 26.3 Å². The Balaban J connectivity index is 2.01. The number of aromatic nitrogens is 2. The van der Waals surface area contributed by atoms with Gasteiger partial charge < -0.3 is 11.1 Å². The Bertz CT molecular complexity index is 848. The van der Waals surface area contributed by atoms with E-state index in [0.717, 1.165) is 21.6 Å². The number of hydrogen-bond acceptors (Lipinski definition) is 4. The summed E-state index contributed by atoms with van der Waals surface area (Å²) < 4.78 is 1.89. The topological polar surface area (TPSA) is 72.9 Å². The van der Waals surface area contributed by atoms with E-state index in [1.807, 2.05) is 61.9 Å². The van der Waals surface area contributed by atoms with E-state index >= 15 is 0 Å². The molecule has 0 spiro atoms. The zero-order valence-corrected chi connectivity index (χ0v) is 14.3. The van der Waals surface area contributed by atoms with Gasteiger partial charge in [0.25, 0.3) is 5.91 Å². The number of fused-ring (bicyclic) bond motifs is 1. The fourth-order valence-corrected chi connectivity index (χ4v) is 3.40. The molecule has 0 fully saturated rings. The Kier molecular flexibility index (Phi) is 3.95. The van der Waals surface area contributed by atoms with Crippen LogP contribution in [0.15, 0.2) is 36.4 Å². The zero-order chi connectivity index (χ0) is 16.6. The predicted molar refractivity (Wildman–Crippen MR) is 94.3 cm³/mol. The summed E-state index contributed by atoms with van der Waals surface area (Å²) in [7, 11) is 0. The Morgan fingerprint density at radius 3 is 2.70 bits per heavy atom. The van der Waals surface area contributed by atoms with Gasteiger partial charge in [0.15, 0.2) is 0 Å². The third kappa shape index (κ3) is 3.00. The molecule has 0 aliphatic heterocycles. The molecule has 0 saturated carbocycles. The van der Waals surface area contributed by atoms with E-state index in [0.29, 0.717) is 11.4 Å². The highest BCUT2D eigenvalue weighted by atomic mass is 32.1. The molecule has 1 aromatic carbocycles. The summed E-state index contributed by atoms with van der Waals surface area (Å²) >= 11 is 1.45. The number of nitrogens with zero attached hydrogens (tertiary/aromatic N) is 2. The minimum Gasteiger partial charge on any atom is -0.345 e. The molecule has 2 aromatic heterocycles. The number of nitrogens with one attached hydrogen (secondary N) is 1. The van der Waals surface area contributed by atoms with Crippen molar-refractivity contribution in [1.29, 1.82) is 0 Å². The molecule has 120 valence electrons. The van der Waals surface area contributed by atoms with Crippen molar-refractivity contribution in [2.75, 3.05) is 6.54 Å². The van der Waals surface area contributed by atoms with Crippen LogP contribution in [0.4, 0.5) is 0 Å². The first-order valence-electron chi connectivity index (χ1n) is 7.48. The number of amides is 1. The maximum absolute atomic E-state index is 12.5. The molecule has 0 radical (unpaired) electrons. The van der Waals surface area contributed by atoms with Crippen LogP contribution < -0.4 is 11.1 Å². The molecule has 0 unspecified atom stereocenters. The van der Waals surface area contributed by atoms with Crippen LogP contribution in [0, 0.1) is 6.92 Å². The Morgan fingerprint density at radius 2 is 2.04 bits per heavy atom. The van der Waals surface area contributed by atoms with Gasteiger partial charge in [0, 0.05) is 17.5 Å². The highest BCUT2D eigenvalue weighted by Crippen LogP contribution is 2.30. The van der Waals surface area contributed by atoms with Gasteiger partial charge in [-0.15, -0.1) is 11.3 Å². The van der Waals surface area contributed by atoms with Crippen molar-refractivity contribution < 1.29 is 4.79 Å². The Hall–Kier alpha value is -2.18. The van der Waals surface area contributed by atoms with E-state index in [2.05, 4.69) is 10.4 Å². The molecule has 3 rings (SSSR count). The molecule has 1 amide bonds. The second-order valence-corrected chi connectivity index (χ2v) is 7.24. The quantitative estimate of drug-likeness (QED) is 0.773. The van der Waals surface area contributed by atoms with Crippen molar-refractivity contribution in [3.05, 3.63) is 47.0 Å². The van der Waals surface area contributed by atoms with Gasteiger partial charge in [-0.3, -0.25) is 4.79 Å². The van der Waals surface area contributed by atoms with Crippen molar-refractivity contribution >= 4 is 27.5 Å². The average Bonchev–Trinajstić information content (AvgIpc) is 3.09. The van der Waals surface area contributed by atoms with Gasteiger partial charge in [-0.25, -0.2) is 4.68 Å². The molecule has 5 nitrogen and oxygen atoms in total. The number of carbonyl (C=O) groups is 1. The third-order valence-corrected chi connectivity index (χ3v) is 4.84. The molecule has 23 heavy (non-hydrogen) atoms. The molecule has 2 heterocycles. The molecular formula is C17H20N4OS. The lowest BCUT2D eigenvalue weighted by Gasteiger charge is -2.23. The van der Waals surface area contributed by atoms with Crippen LogP contribution in [0.3, 0.4) is 0 Å². The lowest BCUT2D eigenvalue weighted by atomic mass is 10.1. The van der Waals surface area contributed by atoms with Crippen molar-refractivity contribution in [2.24, 2.45) is 5.73 Å². The van der Waals surface area contributed by atoms with Crippen LogP contribution in [0.2, 0.25) is 0 Å². The molecule has 3 aromatic rings. The molecule has 0 aliphatic carbocycles. The zero-order valence-electron chi connectivity index (χ0n) is 13.5. The first kappa shape index (κ1) is 15.7. The number of thiophene rings is 1. The summed E-state index contributed by atoms with van der Waals surface area (Å²) in [6.45, 7) is 6.17. The number of carbonyl (C=O) groups excluding carboxylic acids is 1. The van der Waals surface area contributed by atoms with Crippen LogP contribution in [-0.2, 0) is 0 Å². The molecule has 0 bridgehead atoms. The van der Waals surface area contributed by atoms with E-state index in [9.17, 15) is 4.79 Å². The van der Waals surface area contributed by atoms with Gasteiger partial charge in [-0.2, -0.15) is 5.10 Å². The number of benzene rings is 1. The lowest BCUT2D eigenvalue weighted by Crippen LogP contribution is -2.48. The van der Waals surface area contributed by atoms with Gasteiger partial charge in [0.05, 0.1) is 16.3 Å². The Labute approximate surface area is 139 Å². The first-order valence-corrected chi connectivity index (χ1v) is 8.30. The third-order valence-electron chi connectivity index (χ3n) is 3.73. The van der Waals surface area contributed by atoms with Gasteiger partial charge in [-0.05, 0) is 39.0 Å². The number of nitrogens with two attached hydrogens (primary N) is 1. The van der Waals surface area contributed by atoms with Crippen molar-refractivity contribution in [3.8, 4) is 5.69 Å². The number of para-hydroxylation sites is 1. The summed E-state index contributed by atoms with van der Waals surface area (Å²) in [5, 5.41) is 8.56. The maximum Gasteiger partial charge on any atom is 0.261 e. The summed E-state index contributed by atoms with van der Waals surface area (Å²) in [5.74, 6) is -0.0966. The van der Waals surface area contributed by atoms with E-state index < -0.39 is 5.54 Å². The maximum atomic E-state index is 12.5. The summed E-state index contributed by atoms with van der Waals surface area (Å²) in [6.07, 6.45) is 0. The standard InChI is InChI=1S/C17H20N4OS/c1-11-13-9-14(15(22)19-17(2,3)10-18)23-16(13)21(20-11)12-7-5-4-6-8-12/h4-9H,10,18H2,1-3H3,(H,19,22). The minimum atomic E-state index is -0.423. The number of rotatable bonds is 4. The largest absolute Gasteiger partial charge is 0.345 e. The fourth-order valence-electron chi connectivity index (χ4n) is 2.32. The van der Waals surface area contributed by atoms with Crippen LogP contribution in [-0.4, -0.2) is 27.8 Å². The lowest BCUT2D eigenvalue weighted by molar-refractivity contribution is 0.0920. The van der Waals surface area contributed by atoms with Gasteiger partial charge in [-0.1, -0.05) is 18.2 Å². The molecule has 0 saturated heterocycles. The van der Waals surface area contributed by atoms with Crippen LogP contribution in [0.5, 0.6) is 0 Å². The van der Waals surface area contributed by atoms with E-state index in [-0.39, 0.29) is 5.91 Å². The summed E-state index contributed by atoms with van der Waals surface area (Å²) in [5.41, 5.74) is 7.17. The SMILES string of the molecule is Cc1nn(-c2ccccc2)c2sc(C(=O)NC(C)(C)CN)cc12.